The molecule has 1 heterocycles. The van der Waals surface area contributed by atoms with Crippen molar-refractivity contribution in [2.75, 3.05) is 0 Å². The van der Waals surface area contributed by atoms with Gasteiger partial charge in [-0.15, -0.1) is 0 Å². The molecule has 0 bridgehead atoms. The highest BCUT2D eigenvalue weighted by molar-refractivity contribution is 6.32. The summed E-state index contributed by atoms with van der Waals surface area (Å²) in [6.45, 7) is 10.1. The van der Waals surface area contributed by atoms with Crippen LogP contribution in [0.25, 0.3) is 0 Å². The number of benzene rings is 1. The first kappa shape index (κ1) is 18.1. The first-order chi connectivity index (χ1) is 11.1. The van der Waals surface area contributed by atoms with Crippen LogP contribution in [0.1, 0.15) is 39.1 Å². The molecule has 0 aliphatic heterocycles. The number of aryl methyl sites for hydroxylation is 1. The number of aromatic nitrogens is 2. The lowest BCUT2D eigenvalue weighted by molar-refractivity contribution is 0.0449. The normalized spacial score (nSPS) is 14.0. The lowest BCUT2D eigenvalue weighted by atomic mass is 9.86. The average molecular weight is 327 g/mol. The van der Waals surface area contributed by atoms with Gasteiger partial charge >= 0.3 is 6.09 Å². The number of hydrogen-bond donors (Lipinski definition) is 1. The van der Waals surface area contributed by atoms with E-state index in [0.29, 0.717) is 6.54 Å². The topological polar surface area (TPSA) is 56.2 Å². The van der Waals surface area contributed by atoms with Gasteiger partial charge in [-0.05, 0) is 40.2 Å². The van der Waals surface area contributed by atoms with Crippen LogP contribution in [-0.2, 0) is 16.8 Å². The van der Waals surface area contributed by atoms with E-state index in [0.717, 1.165) is 16.9 Å². The molecule has 0 fully saturated rings. The van der Waals surface area contributed by atoms with Crippen molar-refractivity contribution in [1.29, 1.82) is 0 Å². The summed E-state index contributed by atoms with van der Waals surface area (Å²) in [5.41, 5.74) is 1.02. The van der Waals surface area contributed by atoms with Crippen LogP contribution in [0.5, 0.6) is 0 Å². The van der Waals surface area contributed by atoms with Gasteiger partial charge in [0.05, 0.1) is 12.1 Å². The molecule has 0 saturated carbocycles. The maximum Gasteiger partial charge on any atom is 0.408 e. The number of hydrogen-bond acceptors (Lipinski definition) is 3. The van der Waals surface area contributed by atoms with Crippen LogP contribution in [0, 0.1) is 6.92 Å². The molecular weight excluding hydrogens is 301 g/mol. The maximum atomic E-state index is 12.4. The SMILES string of the molecule is Bc1cccc(C(C)(Cn2ccnc2C)NC(=O)OC(C)(C)C)c1. The zero-order valence-electron chi connectivity index (χ0n) is 15.4. The van der Waals surface area contributed by atoms with E-state index in [1.807, 2.05) is 71.4 Å². The summed E-state index contributed by atoms with van der Waals surface area (Å²) in [7, 11) is 2.04. The molecule has 0 saturated heterocycles. The number of imidazole rings is 1. The zero-order chi connectivity index (χ0) is 18.0. The second kappa shape index (κ2) is 6.71. The van der Waals surface area contributed by atoms with Gasteiger partial charge in [-0.2, -0.15) is 0 Å². The van der Waals surface area contributed by atoms with Crippen molar-refractivity contribution in [1.82, 2.24) is 14.9 Å². The first-order valence-electron chi connectivity index (χ1n) is 8.15. The van der Waals surface area contributed by atoms with Crippen LogP contribution >= 0.6 is 0 Å². The number of ether oxygens (including phenoxy) is 1. The molecule has 2 rings (SSSR count). The minimum atomic E-state index is -0.611. The van der Waals surface area contributed by atoms with Crippen LogP contribution in [0.2, 0.25) is 0 Å². The molecule has 1 aromatic heterocycles. The largest absolute Gasteiger partial charge is 0.444 e. The Bertz CT molecular complexity index is 721. The van der Waals surface area contributed by atoms with E-state index in [9.17, 15) is 4.79 Å². The number of alkyl carbamates (subject to hydrolysis) is 1. The van der Waals surface area contributed by atoms with Crippen molar-refractivity contribution >= 4 is 19.4 Å². The minimum Gasteiger partial charge on any atom is -0.444 e. The molecule has 0 aliphatic rings. The number of carbonyl (C=O) groups excluding carboxylic acids is 1. The molecule has 24 heavy (non-hydrogen) atoms. The van der Waals surface area contributed by atoms with Crippen molar-refractivity contribution < 1.29 is 9.53 Å². The molecule has 1 N–H and O–H groups in total. The standard InChI is InChI=1S/C18H26BN3O2/c1-13-20-9-10-22(13)12-18(5,14-7-6-8-15(19)11-14)21-16(23)24-17(2,3)4/h6-11H,12,19H2,1-5H3,(H,21,23). The number of nitrogens with one attached hydrogen (secondary N) is 1. The summed E-state index contributed by atoms with van der Waals surface area (Å²) in [5, 5.41) is 3.05. The molecule has 6 heteroatoms. The van der Waals surface area contributed by atoms with Gasteiger partial charge in [-0.1, -0.05) is 29.7 Å². The van der Waals surface area contributed by atoms with E-state index in [-0.39, 0.29) is 0 Å². The smallest absolute Gasteiger partial charge is 0.408 e. The molecule has 128 valence electrons. The van der Waals surface area contributed by atoms with Gasteiger partial charge in [0.2, 0.25) is 0 Å². The van der Waals surface area contributed by atoms with Gasteiger partial charge in [0.25, 0.3) is 0 Å². The fraction of sp³-hybridized carbons (Fsp3) is 0.444. The van der Waals surface area contributed by atoms with Crippen molar-refractivity contribution in [3.63, 3.8) is 0 Å². The van der Waals surface area contributed by atoms with Crippen LogP contribution in [0.3, 0.4) is 0 Å². The molecule has 0 aliphatic carbocycles. The van der Waals surface area contributed by atoms with E-state index in [1.54, 1.807) is 6.20 Å². The fourth-order valence-corrected chi connectivity index (χ4v) is 2.63. The predicted octanol–water partition coefficient (Wildman–Crippen LogP) is 1.89. The highest BCUT2D eigenvalue weighted by Gasteiger charge is 2.31. The summed E-state index contributed by atoms with van der Waals surface area (Å²) in [6.07, 6.45) is 3.25. The Balaban J connectivity index is 2.34. The third kappa shape index (κ3) is 4.63. The number of nitrogens with zero attached hydrogens (tertiary/aromatic N) is 2. The Morgan fingerprint density at radius 2 is 2.04 bits per heavy atom. The van der Waals surface area contributed by atoms with Crippen LogP contribution < -0.4 is 10.8 Å². The van der Waals surface area contributed by atoms with Crippen molar-refractivity contribution in [2.45, 2.75) is 52.3 Å². The number of amides is 1. The average Bonchev–Trinajstić information content (AvgIpc) is 2.81. The third-order valence-corrected chi connectivity index (χ3v) is 3.84. The van der Waals surface area contributed by atoms with Crippen LogP contribution in [0.15, 0.2) is 36.7 Å². The second-order valence-electron chi connectivity index (χ2n) is 7.43. The highest BCUT2D eigenvalue weighted by atomic mass is 16.6. The van der Waals surface area contributed by atoms with Crippen molar-refractivity contribution in [2.24, 2.45) is 0 Å². The quantitative estimate of drug-likeness (QED) is 0.873. The monoisotopic (exact) mass is 327 g/mol. The van der Waals surface area contributed by atoms with Gasteiger partial charge in [-0.3, -0.25) is 0 Å². The molecule has 5 nitrogen and oxygen atoms in total. The lowest BCUT2D eigenvalue weighted by Crippen LogP contribution is -2.48. The van der Waals surface area contributed by atoms with Crippen LogP contribution in [0.4, 0.5) is 4.79 Å². The molecule has 0 radical (unpaired) electrons. The summed E-state index contributed by atoms with van der Waals surface area (Å²) in [5.74, 6) is 0.903. The van der Waals surface area contributed by atoms with Crippen molar-refractivity contribution in [3.05, 3.63) is 48.0 Å². The van der Waals surface area contributed by atoms with E-state index in [1.165, 1.54) is 0 Å². The molecule has 1 aromatic carbocycles. The fourth-order valence-electron chi connectivity index (χ4n) is 2.63. The van der Waals surface area contributed by atoms with Gasteiger partial charge in [0.15, 0.2) is 0 Å². The van der Waals surface area contributed by atoms with E-state index >= 15 is 0 Å². The molecule has 1 atom stereocenters. The summed E-state index contributed by atoms with van der Waals surface area (Å²) in [6, 6.07) is 8.15. The Labute approximate surface area is 144 Å². The van der Waals surface area contributed by atoms with Gasteiger partial charge in [0, 0.05) is 12.4 Å². The van der Waals surface area contributed by atoms with E-state index in [2.05, 4.69) is 16.4 Å². The third-order valence-electron chi connectivity index (χ3n) is 3.84. The Hall–Kier alpha value is -2.24. The molecule has 1 amide bonds. The van der Waals surface area contributed by atoms with Gasteiger partial charge < -0.3 is 14.6 Å². The summed E-state index contributed by atoms with van der Waals surface area (Å²) in [4.78, 5) is 16.7. The predicted molar refractivity (Wildman–Crippen MR) is 98.3 cm³/mol. The second-order valence-corrected chi connectivity index (χ2v) is 7.43. The van der Waals surface area contributed by atoms with Crippen LogP contribution in [-0.4, -0.2) is 29.1 Å². The molecular formula is C18H26BN3O2. The zero-order valence-corrected chi connectivity index (χ0v) is 15.4. The first-order valence-corrected chi connectivity index (χ1v) is 8.15. The number of carbonyl (C=O) groups is 1. The summed E-state index contributed by atoms with van der Waals surface area (Å²) < 4.78 is 7.49. The van der Waals surface area contributed by atoms with E-state index in [4.69, 9.17) is 4.74 Å². The Morgan fingerprint density at radius 1 is 1.33 bits per heavy atom. The minimum absolute atomic E-state index is 0.427. The molecule has 0 spiro atoms. The van der Waals surface area contributed by atoms with Gasteiger partial charge in [-0.25, -0.2) is 9.78 Å². The Morgan fingerprint density at radius 3 is 2.58 bits per heavy atom. The number of rotatable bonds is 4. The molecule has 1 unspecified atom stereocenters. The maximum absolute atomic E-state index is 12.4. The van der Waals surface area contributed by atoms with Crippen molar-refractivity contribution in [3.8, 4) is 0 Å². The molecule has 2 aromatic rings. The van der Waals surface area contributed by atoms with Gasteiger partial charge in [0.1, 0.15) is 19.3 Å². The van der Waals surface area contributed by atoms with E-state index < -0.39 is 17.2 Å². The Kier molecular flexibility index (Phi) is 5.06. The summed E-state index contributed by atoms with van der Waals surface area (Å²) >= 11 is 0. The highest BCUT2D eigenvalue weighted by Crippen LogP contribution is 2.24. The lowest BCUT2D eigenvalue weighted by Gasteiger charge is -2.33.